The van der Waals surface area contributed by atoms with Crippen LogP contribution in [0.4, 0.5) is 10.1 Å². The molecule has 2 aromatic carbocycles. The number of hydrogen-bond acceptors (Lipinski definition) is 5. The highest BCUT2D eigenvalue weighted by molar-refractivity contribution is 5.96. The minimum absolute atomic E-state index is 0.0484. The SMILES string of the molecule is CCOc1ccccc1-c1nc(C2CC(=O)N(c3ccc(F)cc3)C2)no1. The van der Waals surface area contributed by atoms with Crippen molar-refractivity contribution in [2.24, 2.45) is 0 Å². The number of benzene rings is 2. The van der Waals surface area contributed by atoms with E-state index < -0.39 is 0 Å². The molecular weight excluding hydrogens is 349 g/mol. The Kier molecular flexibility index (Phi) is 4.58. The summed E-state index contributed by atoms with van der Waals surface area (Å²) in [6.45, 7) is 2.86. The van der Waals surface area contributed by atoms with Crippen molar-refractivity contribution in [3.63, 3.8) is 0 Å². The molecule has 138 valence electrons. The molecule has 1 fully saturated rings. The van der Waals surface area contributed by atoms with E-state index in [4.69, 9.17) is 9.26 Å². The van der Waals surface area contributed by atoms with E-state index in [0.717, 1.165) is 5.56 Å². The normalized spacial score (nSPS) is 16.7. The van der Waals surface area contributed by atoms with Gasteiger partial charge in [-0.3, -0.25) is 4.79 Å². The van der Waals surface area contributed by atoms with E-state index in [-0.39, 0.29) is 24.1 Å². The third-order valence-corrected chi connectivity index (χ3v) is 4.49. The highest BCUT2D eigenvalue weighted by Crippen LogP contribution is 2.33. The lowest BCUT2D eigenvalue weighted by molar-refractivity contribution is -0.117. The Morgan fingerprint density at radius 3 is 2.78 bits per heavy atom. The number of carbonyl (C=O) groups excluding carboxylic acids is 1. The van der Waals surface area contributed by atoms with Crippen LogP contribution in [0.2, 0.25) is 0 Å². The molecule has 1 aromatic heterocycles. The summed E-state index contributed by atoms with van der Waals surface area (Å²) >= 11 is 0. The molecule has 0 spiro atoms. The summed E-state index contributed by atoms with van der Waals surface area (Å²) < 4.78 is 24.1. The van der Waals surface area contributed by atoms with Crippen LogP contribution >= 0.6 is 0 Å². The van der Waals surface area contributed by atoms with Crippen molar-refractivity contribution in [2.75, 3.05) is 18.1 Å². The number of amides is 1. The molecule has 0 aliphatic carbocycles. The Morgan fingerprint density at radius 2 is 2.00 bits per heavy atom. The molecule has 1 amide bonds. The maximum atomic E-state index is 13.1. The molecule has 4 rings (SSSR count). The van der Waals surface area contributed by atoms with E-state index in [1.165, 1.54) is 12.1 Å². The van der Waals surface area contributed by atoms with Crippen LogP contribution in [-0.4, -0.2) is 29.2 Å². The number of para-hydroxylation sites is 1. The minimum atomic E-state index is -0.335. The molecule has 0 bridgehead atoms. The van der Waals surface area contributed by atoms with Gasteiger partial charge in [-0.25, -0.2) is 4.39 Å². The van der Waals surface area contributed by atoms with Crippen molar-refractivity contribution in [3.8, 4) is 17.2 Å². The molecule has 0 saturated carbocycles. The number of halogens is 1. The summed E-state index contributed by atoms with van der Waals surface area (Å²) in [6.07, 6.45) is 0.281. The van der Waals surface area contributed by atoms with Gasteiger partial charge in [-0.2, -0.15) is 4.98 Å². The van der Waals surface area contributed by atoms with Crippen LogP contribution < -0.4 is 9.64 Å². The smallest absolute Gasteiger partial charge is 0.261 e. The fourth-order valence-corrected chi connectivity index (χ4v) is 3.19. The van der Waals surface area contributed by atoms with Gasteiger partial charge in [0, 0.05) is 24.6 Å². The molecule has 7 heteroatoms. The number of aromatic nitrogens is 2. The summed E-state index contributed by atoms with van der Waals surface area (Å²) in [5.74, 6) is 0.950. The lowest BCUT2D eigenvalue weighted by atomic mass is 10.1. The highest BCUT2D eigenvalue weighted by atomic mass is 19.1. The first-order valence-corrected chi connectivity index (χ1v) is 8.77. The van der Waals surface area contributed by atoms with Gasteiger partial charge in [0.15, 0.2) is 5.82 Å². The molecule has 1 aliphatic heterocycles. The summed E-state index contributed by atoms with van der Waals surface area (Å²) in [6, 6.07) is 13.3. The second-order valence-corrected chi connectivity index (χ2v) is 6.27. The quantitative estimate of drug-likeness (QED) is 0.686. The van der Waals surface area contributed by atoms with E-state index in [1.54, 1.807) is 17.0 Å². The maximum Gasteiger partial charge on any atom is 0.261 e. The van der Waals surface area contributed by atoms with Crippen LogP contribution in [0.1, 0.15) is 25.1 Å². The fourth-order valence-electron chi connectivity index (χ4n) is 3.19. The Hall–Kier alpha value is -3.22. The molecule has 27 heavy (non-hydrogen) atoms. The van der Waals surface area contributed by atoms with E-state index in [2.05, 4.69) is 10.1 Å². The molecule has 0 radical (unpaired) electrons. The molecule has 1 unspecified atom stereocenters. The van der Waals surface area contributed by atoms with Gasteiger partial charge in [0.1, 0.15) is 11.6 Å². The van der Waals surface area contributed by atoms with Gasteiger partial charge < -0.3 is 14.2 Å². The van der Waals surface area contributed by atoms with Crippen molar-refractivity contribution in [1.29, 1.82) is 0 Å². The zero-order chi connectivity index (χ0) is 18.8. The fraction of sp³-hybridized carbons (Fsp3) is 0.250. The molecule has 6 nitrogen and oxygen atoms in total. The van der Waals surface area contributed by atoms with Crippen molar-refractivity contribution >= 4 is 11.6 Å². The van der Waals surface area contributed by atoms with E-state index in [9.17, 15) is 9.18 Å². The Morgan fingerprint density at radius 1 is 1.22 bits per heavy atom. The molecule has 1 atom stereocenters. The number of anilines is 1. The summed E-state index contributed by atoms with van der Waals surface area (Å²) in [5.41, 5.74) is 1.38. The molecular formula is C20H18FN3O3. The van der Waals surface area contributed by atoms with Gasteiger partial charge in [-0.15, -0.1) is 0 Å². The van der Waals surface area contributed by atoms with Crippen molar-refractivity contribution in [1.82, 2.24) is 10.1 Å². The zero-order valence-electron chi connectivity index (χ0n) is 14.8. The number of ether oxygens (including phenoxy) is 1. The summed E-state index contributed by atoms with van der Waals surface area (Å²) in [5, 5.41) is 4.07. The first-order valence-electron chi connectivity index (χ1n) is 8.77. The highest BCUT2D eigenvalue weighted by Gasteiger charge is 2.34. The number of rotatable bonds is 5. The van der Waals surface area contributed by atoms with Gasteiger partial charge >= 0.3 is 0 Å². The second kappa shape index (κ2) is 7.19. The average molecular weight is 367 g/mol. The molecule has 1 aliphatic rings. The lowest BCUT2D eigenvalue weighted by Crippen LogP contribution is -2.24. The Labute approximate surface area is 155 Å². The predicted octanol–water partition coefficient (Wildman–Crippen LogP) is 3.79. The molecule has 3 aromatic rings. The third-order valence-electron chi connectivity index (χ3n) is 4.49. The monoisotopic (exact) mass is 367 g/mol. The van der Waals surface area contributed by atoms with Crippen molar-refractivity contribution in [3.05, 3.63) is 60.2 Å². The second-order valence-electron chi connectivity index (χ2n) is 6.27. The standard InChI is InChI=1S/C20H18FN3O3/c1-2-26-17-6-4-3-5-16(17)20-22-19(23-27-20)13-11-18(25)24(12-13)15-9-7-14(21)8-10-15/h3-10,13H,2,11-12H2,1H3. The van der Waals surface area contributed by atoms with Crippen LogP contribution in [0.15, 0.2) is 53.1 Å². The Bertz CT molecular complexity index is 955. The van der Waals surface area contributed by atoms with E-state index in [1.807, 2.05) is 31.2 Å². The first kappa shape index (κ1) is 17.2. The van der Waals surface area contributed by atoms with Crippen LogP contribution in [0, 0.1) is 5.82 Å². The number of nitrogens with zero attached hydrogens (tertiary/aromatic N) is 3. The van der Waals surface area contributed by atoms with Gasteiger partial charge in [-0.05, 0) is 43.3 Å². The van der Waals surface area contributed by atoms with Crippen LogP contribution in [0.25, 0.3) is 11.5 Å². The molecule has 2 heterocycles. The molecule has 1 saturated heterocycles. The zero-order valence-corrected chi connectivity index (χ0v) is 14.8. The van der Waals surface area contributed by atoms with Crippen molar-refractivity contribution in [2.45, 2.75) is 19.3 Å². The average Bonchev–Trinajstić information content (AvgIpc) is 3.30. The number of hydrogen-bond donors (Lipinski definition) is 0. The van der Waals surface area contributed by atoms with Gasteiger partial charge in [0.2, 0.25) is 5.91 Å². The lowest BCUT2D eigenvalue weighted by Gasteiger charge is -2.15. The minimum Gasteiger partial charge on any atom is -0.493 e. The largest absolute Gasteiger partial charge is 0.493 e. The first-order chi connectivity index (χ1) is 13.2. The van der Waals surface area contributed by atoms with E-state index >= 15 is 0 Å². The van der Waals surface area contributed by atoms with Crippen LogP contribution in [0.5, 0.6) is 5.75 Å². The van der Waals surface area contributed by atoms with Crippen LogP contribution in [0.3, 0.4) is 0 Å². The van der Waals surface area contributed by atoms with Gasteiger partial charge in [-0.1, -0.05) is 17.3 Å². The third kappa shape index (κ3) is 3.40. The summed E-state index contributed by atoms with van der Waals surface area (Å²) in [4.78, 5) is 18.5. The molecule has 0 N–H and O–H groups in total. The van der Waals surface area contributed by atoms with Crippen molar-refractivity contribution < 1.29 is 18.4 Å². The predicted molar refractivity (Wildman–Crippen MR) is 97.0 cm³/mol. The Balaban J connectivity index is 1.56. The summed E-state index contributed by atoms with van der Waals surface area (Å²) in [7, 11) is 0. The van der Waals surface area contributed by atoms with Gasteiger partial charge in [0.25, 0.3) is 5.89 Å². The topological polar surface area (TPSA) is 68.5 Å². The van der Waals surface area contributed by atoms with Gasteiger partial charge in [0.05, 0.1) is 12.2 Å². The van der Waals surface area contributed by atoms with Crippen LogP contribution in [-0.2, 0) is 4.79 Å². The number of carbonyl (C=O) groups is 1. The van der Waals surface area contributed by atoms with E-state index in [0.29, 0.717) is 36.3 Å². The maximum absolute atomic E-state index is 13.1.